The summed E-state index contributed by atoms with van der Waals surface area (Å²) in [7, 11) is 3.90. The number of guanidine groups is 1. The molecule has 1 atom stereocenters. The molecule has 21 heavy (non-hydrogen) atoms. The quantitative estimate of drug-likeness (QED) is 0.400. The minimum absolute atomic E-state index is 0. The van der Waals surface area contributed by atoms with Crippen molar-refractivity contribution in [2.24, 2.45) is 10.4 Å². The van der Waals surface area contributed by atoms with Gasteiger partial charge in [0.25, 0.3) is 0 Å². The number of aliphatic imine (C=N–C) groups is 1. The second kappa shape index (κ2) is 8.69. The van der Waals surface area contributed by atoms with Crippen molar-refractivity contribution in [1.82, 2.24) is 10.2 Å². The van der Waals surface area contributed by atoms with Crippen LogP contribution < -0.4 is 5.32 Å². The number of hydrogen-bond donors (Lipinski definition) is 1. The fourth-order valence-corrected chi connectivity index (χ4v) is 3.81. The van der Waals surface area contributed by atoms with E-state index >= 15 is 0 Å². The molecule has 2 heterocycles. The van der Waals surface area contributed by atoms with Crippen LogP contribution in [-0.2, 0) is 11.3 Å². The van der Waals surface area contributed by atoms with Crippen LogP contribution in [0.5, 0.6) is 0 Å². The Morgan fingerprint density at radius 1 is 1.57 bits per heavy atom. The zero-order valence-corrected chi connectivity index (χ0v) is 17.4. The van der Waals surface area contributed by atoms with Crippen LogP contribution >= 0.6 is 51.2 Å². The van der Waals surface area contributed by atoms with Crippen molar-refractivity contribution >= 4 is 57.2 Å². The zero-order valence-electron chi connectivity index (χ0n) is 12.7. The predicted octanol–water partition coefficient (Wildman–Crippen LogP) is 3.56. The van der Waals surface area contributed by atoms with Gasteiger partial charge in [0, 0.05) is 37.5 Å². The largest absolute Gasteiger partial charge is 0.381 e. The van der Waals surface area contributed by atoms with Crippen LogP contribution in [0.25, 0.3) is 0 Å². The Labute approximate surface area is 156 Å². The van der Waals surface area contributed by atoms with Crippen molar-refractivity contribution in [2.45, 2.75) is 19.9 Å². The third kappa shape index (κ3) is 5.69. The maximum absolute atomic E-state index is 5.49. The molecule has 0 saturated carbocycles. The molecule has 1 saturated heterocycles. The molecule has 7 heteroatoms. The molecule has 0 amide bonds. The van der Waals surface area contributed by atoms with Gasteiger partial charge in [-0.1, -0.05) is 6.92 Å². The monoisotopic (exact) mass is 487 g/mol. The van der Waals surface area contributed by atoms with Crippen LogP contribution in [0.2, 0.25) is 0 Å². The molecule has 0 aromatic carbocycles. The molecule has 1 aromatic rings. The number of nitrogens with zero attached hydrogens (tertiary/aromatic N) is 2. The van der Waals surface area contributed by atoms with E-state index in [1.54, 1.807) is 11.3 Å². The van der Waals surface area contributed by atoms with E-state index in [0.29, 0.717) is 0 Å². The van der Waals surface area contributed by atoms with Gasteiger partial charge in [0.05, 0.1) is 16.9 Å². The van der Waals surface area contributed by atoms with Crippen molar-refractivity contribution in [2.75, 3.05) is 33.9 Å². The molecular weight excluding hydrogens is 465 g/mol. The van der Waals surface area contributed by atoms with E-state index in [-0.39, 0.29) is 29.4 Å². The molecule has 0 aliphatic carbocycles. The molecular formula is C14H23BrIN3OS. The van der Waals surface area contributed by atoms with Crippen LogP contribution in [-0.4, -0.2) is 44.7 Å². The van der Waals surface area contributed by atoms with E-state index < -0.39 is 0 Å². The summed E-state index contributed by atoms with van der Waals surface area (Å²) in [4.78, 5) is 7.83. The lowest BCUT2D eigenvalue weighted by atomic mass is 9.90. The van der Waals surface area contributed by atoms with Gasteiger partial charge in [0.15, 0.2) is 5.96 Å². The molecule has 1 aromatic heterocycles. The molecule has 4 nitrogen and oxygen atoms in total. The number of ether oxygens (including phenoxy) is 1. The number of nitrogens with one attached hydrogen (secondary N) is 1. The highest BCUT2D eigenvalue weighted by Gasteiger charge is 2.30. The third-order valence-corrected chi connectivity index (χ3v) is 5.18. The summed E-state index contributed by atoms with van der Waals surface area (Å²) in [6.45, 7) is 5.73. The Hall–Kier alpha value is 0.140. The van der Waals surface area contributed by atoms with Gasteiger partial charge in [-0.3, -0.25) is 4.99 Å². The normalized spacial score (nSPS) is 22.0. The summed E-state index contributed by atoms with van der Waals surface area (Å²) in [6, 6.07) is 4.23. The first-order valence-electron chi connectivity index (χ1n) is 6.76. The van der Waals surface area contributed by atoms with Crippen molar-refractivity contribution in [3.63, 3.8) is 0 Å². The fraction of sp³-hybridized carbons (Fsp3) is 0.643. The van der Waals surface area contributed by atoms with Crippen LogP contribution in [0, 0.1) is 5.41 Å². The Balaban J connectivity index is 0.00000220. The molecule has 1 fully saturated rings. The fourth-order valence-electron chi connectivity index (χ4n) is 2.27. The minimum atomic E-state index is 0. The van der Waals surface area contributed by atoms with Gasteiger partial charge in [-0.2, -0.15) is 0 Å². The first-order valence-corrected chi connectivity index (χ1v) is 8.37. The lowest BCUT2D eigenvalue weighted by molar-refractivity contribution is 0.160. The van der Waals surface area contributed by atoms with Gasteiger partial charge in [0.1, 0.15) is 0 Å². The summed E-state index contributed by atoms with van der Waals surface area (Å²) in [5.74, 6) is 0.933. The van der Waals surface area contributed by atoms with Crippen molar-refractivity contribution in [1.29, 1.82) is 0 Å². The number of rotatable bonds is 4. The standard InChI is InChI=1S/C14H22BrN3OS.HI/c1-14(6-7-19-10-14)9-17-13(16-2)18(3)8-11-4-5-12(15)20-11;/h4-5H,6-10H2,1-3H3,(H,16,17);1H. The van der Waals surface area contributed by atoms with E-state index in [1.165, 1.54) is 8.66 Å². The topological polar surface area (TPSA) is 36.9 Å². The second-order valence-corrected chi connectivity index (χ2v) is 8.12. The Kier molecular flexibility index (Phi) is 7.94. The first kappa shape index (κ1) is 19.2. The third-order valence-electron chi connectivity index (χ3n) is 3.57. The summed E-state index contributed by atoms with van der Waals surface area (Å²) in [6.07, 6.45) is 1.11. The van der Waals surface area contributed by atoms with E-state index in [9.17, 15) is 0 Å². The smallest absolute Gasteiger partial charge is 0.193 e. The molecule has 120 valence electrons. The van der Waals surface area contributed by atoms with Crippen molar-refractivity contribution in [3.05, 3.63) is 20.8 Å². The number of halogens is 2. The van der Waals surface area contributed by atoms with E-state index in [2.05, 4.69) is 57.2 Å². The molecule has 1 aliphatic rings. The lowest BCUT2D eigenvalue weighted by Gasteiger charge is -2.27. The zero-order chi connectivity index (χ0) is 14.6. The summed E-state index contributed by atoms with van der Waals surface area (Å²) in [5.41, 5.74) is 0.225. The SMILES string of the molecule is CN=C(NCC1(C)CCOC1)N(C)Cc1ccc(Br)s1.I. The van der Waals surface area contributed by atoms with Gasteiger partial charge in [-0.05, 0) is 34.5 Å². The molecule has 0 bridgehead atoms. The van der Waals surface area contributed by atoms with E-state index in [0.717, 1.165) is 38.7 Å². The van der Waals surface area contributed by atoms with Crippen LogP contribution in [0.3, 0.4) is 0 Å². The molecule has 2 rings (SSSR count). The number of hydrogen-bond acceptors (Lipinski definition) is 3. The average molecular weight is 488 g/mol. The van der Waals surface area contributed by atoms with Crippen LogP contribution in [0.4, 0.5) is 0 Å². The maximum atomic E-state index is 5.49. The molecule has 1 unspecified atom stereocenters. The highest BCUT2D eigenvalue weighted by Crippen LogP contribution is 2.27. The van der Waals surface area contributed by atoms with Crippen molar-refractivity contribution < 1.29 is 4.74 Å². The van der Waals surface area contributed by atoms with Gasteiger partial charge in [-0.15, -0.1) is 35.3 Å². The average Bonchev–Trinajstić information content (AvgIpc) is 3.00. The van der Waals surface area contributed by atoms with Crippen LogP contribution in [0.1, 0.15) is 18.2 Å². The predicted molar refractivity (Wildman–Crippen MR) is 104 cm³/mol. The lowest BCUT2D eigenvalue weighted by Crippen LogP contribution is -2.43. The first-order chi connectivity index (χ1) is 9.52. The highest BCUT2D eigenvalue weighted by atomic mass is 127. The summed E-state index contributed by atoms with van der Waals surface area (Å²) >= 11 is 5.26. The molecule has 1 aliphatic heterocycles. The second-order valence-electron chi connectivity index (χ2n) is 5.58. The van der Waals surface area contributed by atoms with Gasteiger partial charge in [0.2, 0.25) is 0 Å². The van der Waals surface area contributed by atoms with Crippen LogP contribution in [0.15, 0.2) is 20.9 Å². The van der Waals surface area contributed by atoms with Gasteiger partial charge in [-0.25, -0.2) is 0 Å². The molecule has 0 spiro atoms. The van der Waals surface area contributed by atoms with E-state index in [4.69, 9.17) is 4.74 Å². The van der Waals surface area contributed by atoms with Crippen molar-refractivity contribution in [3.8, 4) is 0 Å². The van der Waals surface area contributed by atoms with Gasteiger partial charge < -0.3 is 15.0 Å². The Morgan fingerprint density at radius 2 is 2.33 bits per heavy atom. The van der Waals surface area contributed by atoms with E-state index in [1.807, 2.05) is 7.05 Å². The minimum Gasteiger partial charge on any atom is -0.381 e. The number of thiophene rings is 1. The Morgan fingerprint density at radius 3 is 2.86 bits per heavy atom. The summed E-state index contributed by atoms with van der Waals surface area (Å²) in [5, 5.41) is 3.47. The molecule has 1 N–H and O–H groups in total. The highest BCUT2D eigenvalue weighted by molar-refractivity contribution is 14.0. The maximum Gasteiger partial charge on any atom is 0.193 e. The Bertz CT molecular complexity index is 475. The molecule has 0 radical (unpaired) electrons. The van der Waals surface area contributed by atoms with Gasteiger partial charge >= 0.3 is 0 Å². The summed E-state index contributed by atoms with van der Waals surface area (Å²) < 4.78 is 6.65.